The molecule has 0 radical (unpaired) electrons. The summed E-state index contributed by atoms with van der Waals surface area (Å²) in [6.45, 7) is 5.50. The topological polar surface area (TPSA) is 58.0 Å². The van der Waals surface area contributed by atoms with E-state index < -0.39 is 0 Å². The first-order chi connectivity index (χ1) is 10.1. The van der Waals surface area contributed by atoms with Gasteiger partial charge in [0.2, 0.25) is 0 Å². The zero-order valence-electron chi connectivity index (χ0n) is 13.0. The van der Waals surface area contributed by atoms with E-state index in [1.165, 1.54) is 0 Å². The number of hydrogen-bond donors (Lipinski definition) is 1. The summed E-state index contributed by atoms with van der Waals surface area (Å²) in [4.78, 5) is 16.3. The molecule has 1 aromatic rings. The fourth-order valence-corrected chi connectivity index (χ4v) is 2.55. The zero-order chi connectivity index (χ0) is 15.2. The minimum atomic E-state index is -0.0778. The molecule has 2 atom stereocenters. The fourth-order valence-electron chi connectivity index (χ4n) is 2.55. The normalized spacial score (nSPS) is 20.4. The Kier molecular flexibility index (Phi) is 5.64. The average molecular weight is 295 g/mol. The van der Waals surface area contributed by atoms with Crippen LogP contribution in [-0.2, 0) is 4.74 Å². The van der Waals surface area contributed by atoms with Gasteiger partial charge in [0.05, 0.1) is 18.9 Å². The second-order valence-electron chi connectivity index (χ2n) is 5.53. The van der Waals surface area contributed by atoms with Crippen LogP contribution in [-0.4, -0.2) is 62.3 Å². The number of nitrogens with one attached hydrogen (secondary N) is 1. The van der Waals surface area contributed by atoms with Crippen molar-refractivity contribution in [2.24, 2.45) is 0 Å². The number of rotatable bonds is 6. The quantitative estimate of drug-likeness (QED) is 0.868. The van der Waals surface area contributed by atoms with E-state index in [1.807, 2.05) is 19.1 Å². The van der Waals surface area contributed by atoms with E-state index in [1.54, 1.807) is 25.3 Å². The zero-order valence-corrected chi connectivity index (χ0v) is 13.0. The lowest BCUT2D eigenvalue weighted by molar-refractivity contribution is 0.158. The van der Waals surface area contributed by atoms with Gasteiger partial charge in [0.15, 0.2) is 0 Å². The minimum absolute atomic E-state index is 0.0579. The number of carbonyl (C=O) groups excluding carboxylic acids is 1. The lowest BCUT2D eigenvalue weighted by Gasteiger charge is -2.25. The number of furan rings is 1. The predicted molar refractivity (Wildman–Crippen MR) is 80.1 cm³/mol. The molecule has 21 heavy (non-hydrogen) atoms. The summed E-state index contributed by atoms with van der Waals surface area (Å²) >= 11 is 0. The van der Waals surface area contributed by atoms with E-state index in [4.69, 9.17) is 9.15 Å². The third kappa shape index (κ3) is 4.22. The maximum atomic E-state index is 12.3. The van der Waals surface area contributed by atoms with Crippen LogP contribution < -0.4 is 5.32 Å². The molecule has 6 heteroatoms. The Labute approximate surface area is 126 Å². The van der Waals surface area contributed by atoms with Crippen molar-refractivity contribution in [1.82, 2.24) is 15.1 Å². The summed E-state index contributed by atoms with van der Waals surface area (Å²) in [5, 5.41) is 3.09. The molecule has 0 bridgehead atoms. The molecule has 0 spiro atoms. The van der Waals surface area contributed by atoms with Crippen molar-refractivity contribution in [1.29, 1.82) is 0 Å². The minimum Gasteiger partial charge on any atom is -0.467 e. The summed E-state index contributed by atoms with van der Waals surface area (Å²) in [7, 11) is 3.50. The number of ether oxygens (including phenoxy) is 1. The van der Waals surface area contributed by atoms with Crippen LogP contribution in [0.5, 0.6) is 0 Å². The predicted octanol–water partition coefficient (Wildman–Crippen LogP) is 1.70. The number of likely N-dealkylation sites (tertiary alicyclic amines) is 1. The summed E-state index contributed by atoms with van der Waals surface area (Å²) in [5.41, 5.74) is 0. The first kappa shape index (κ1) is 15.9. The van der Waals surface area contributed by atoms with Crippen LogP contribution in [0.15, 0.2) is 22.8 Å². The van der Waals surface area contributed by atoms with Gasteiger partial charge in [-0.2, -0.15) is 0 Å². The van der Waals surface area contributed by atoms with Crippen LogP contribution in [0.1, 0.15) is 25.1 Å². The number of methoxy groups -OCH3 is 1. The molecule has 1 aromatic heterocycles. The van der Waals surface area contributed by atoms with Gasteiger partial charge in [0.25, 0.3) is 0 Å². The van der Waals surface area contributed by atoms with E-state index >= 15 is 0 Å². The number of urea groups is 1. The molecule has 2 rings (SSSR count). The maximum Gasteiger partial charge on any atom is 0.318 e. The van der Waals surface area contributed by atoms with E-state index in [0.29, 0.717) is 0 Å². The van der Waals surface area contributed by atoms with Crippen molar-refractivity contribution in [3.63, 3.8) is 0 Å². The fraction of sp³-hybridized carbons (Fsp3) is 0.667. The molecule has 2 heterocycles. The van der Waals surface area contributed by atoms with Crippen molar-refractivity contribution >= 4 is 6.03 Å². The van der Waals surface area contributed by atoms with Crippen molar-refractivity contribution < 1.29 is 13.9 Å². The third-order valence-electron chi connectivity index (χ3n) is 4.07. The molecule has 1 saturated heterocycles. The van der Waals surface area contributed by atoms with Crippen LogP contribution in [0.4, 0.5) is 4.79 Å². The van der Waals surface area contributed by atoms with Gasteiger partial charge in [-0.05, 0) is 25.5 Å². The average Bonchev–Trinajstić information content (AvgIpc) is 3.15. The van der Waals surface area contributed by atoms with Crippen molar-refractivity contribution in [3.05, 3.63) is 24.2 Å². The van der Waals surface area contributed by atoms with Gasteiger partial charge in [0, 0.05) is 39.8 Å². The molecule has 1 N–H and O–H groups in total. The molecule has 1 fully saturated rings. The standard InChI is InChI=1S/C15H25N3O3/c1-12(14-5-4-9-21-14)17(2)15(19)16-13-6-7-18(11-13)8-10-20-3/h4-5,9,12-13H,6-8,10-11H2,1-3H3,(H,16,19)/t12-,13+/m0/s1. The monoisotopic (exact) mass is 295 g/mol. The van der Waals surface area contributed by atoms with Gasteiger partial charge in [-0.1, -0.05) is 0 Å². The van der Waals surface area contributed by atoms with Crippen LogP contribution in [0.25, 0.3) is 0 Å². The SMILES string of the molecule is COCCN1CC[C@@H](NC(=O)N(C)[C@@H](C)c2ccco2)C1. The highest BCUT2D eigenvalue weighted by Crippen LogP contribution is 2.19. The van der Waals surface area contributed by atoms with Crippen LogP contribution in [0, 0.1) is 0 Å². The summed E-state index contributed by atoms with van der Waals surface area (Å²) < 4.78 is 10.4. The van der Waals surface area contributed by atoms with Crippen LogP contribution in [0.3, 0.4) is 0 Å². The molecule has 0 unspecified atom stereocenters. The molecule has 1 aliphatic rings. The molecule has 2 amide bonds. The Balaban J connectivity index is 1.79. The Morgan fingerprint density at radius 2 is 2.48 bits per heavy atom. The Hall–Kier alpha value is -1.53. The first-order valence-corrected chi connectivity index (χ1v) is 7.40. The largest absolute Gasteiger partial charge is 0.467 e. The lowest BCUT2D eigenvalue weighted by atomic mass is 10.2. The summed E-state index contributed by atoms with van der Waals surface area (Å²) in [6.07, 6.45) is 2.61. The highest BCUT2D eigenvalue weighted by Gasteiger charge is 2.26. The smallest absolute Gasteiger partial charge is 0.318 e. The van der Waals surface area contributed by atoms with Gasteiger partial charge >= 0.3 is 6.03 Å². The molecule has 1 aliphatic heterocycles. The highest BCUT2D eigenvalue weighted by molar-refractivity contribution is 5.74. The Morgan fingerprint density at radius 3 is 3.14 bits per heavy atom. The third-order valence-corrected chi connectivity index (χ3v) is 4.07. The summed E-state index contributed by atoms with van der Waals surface area (Å²) in [5.74, 6) is 0.792. The van der Waals surface area contributed by atoms with Gasteiger partial charge < -0.3 is 19.4 Å². The van der Waals surface area contributed by atoms with Crippen LogP contribution in [0.2, 0.25) is 0 Å². The van der Waals surface area contributed by atoms with Gasteiger partial charge in [-0.3, -0.25) is 4.90 Å². The number of hydrogen-bond acceptors (Lipinski definition) is 4. The van der Waals surface area contributed by atoms with E-state index in [0.717, 1.165) is 38.4 Å². The Morgan fingerprint density at radius 1 is 1.67 bits per heavy atom. The van der Waals surface area contributed by atoms with Gasteiger partial charge in [-0.15, -0.1) is 0 Å². The number of nitrogens with zero attached hydrogens (tertiary/aromatic N) is 2. The van der Waals surface area contributed by atoms with Crippen molar-refractivity contribution in [2.75, 3.05) is 40.4 Å². The first-order valence-electron chi connectivity index (χ1n) is 7.40. The number of amides is 2. The molecule has 0 saturated carbocycles. The number of carbonyl (C=O) groups is 1. The Bertz CT molecular complexity index is 435. The second kappa shape index (κ2) is 7.47. The molecule has 6 nitrogen and oxygen atoms in total. The molecule has 0 aromatic carbocycles. The van der Waals surface area contributed by atoms with Crippen LogP contribution >= 0.6 is 0 Å². The molecule has 118 valence electrons. The van der Waals surface area contributed by atoms with Gasteiger partial charge in [-0.25, -0.2) is 4.79 Å². The van der Waals surface area contributed by atoms with E-state index in [-0.39, 0.29) is 18.1 Å². The van der Waals surface area contributed by atoms with Gasteiger partial charge in [0.1, 0.15) is 5.76 Å². The highest BCUT2D eigenvalue weighted by atomic mass is 16.5. The van der Waals surface area contributed by atoms with Crippen molar-refractivity contribution in [3.8, 4) is 0 Å². The van der Waals surface area contributed by atoms with E-state index in [9.17, 15) is 4.79 Å². The van der Waals surface area contributed by atoms with E-state index in [2.05, 4.69) is 10.2 Å². The molecular formula is C15H25N3O3. The van der Waals surface area contributed by atoms with Crippen molar-refractivity contribution in [2.45, 2.75) is 25.4 Å². The summed E-state index contributed by atoms with van der Waals surface area (Å²) in [6, 6.07) is 3.79. The maximum absolute atomic E-state index is 12.3. The molecule has 0 aliphatic carbocycles. The second-order valence-corrected chi connectivity index (χ2v) is 5.53. The molecular weight excluding hydrogens is 270 g/mol. The lowest BCUT2D eigenvalue weighted by Crippen LogP contribution is -2.45.